The lowest BCUT2D eigenvalue weighted by atomic mass is 10.1. The summed E-state index contributed by atoms with van der Waals surface area (Å²) in [5.74, 6) is -0.267. The third-order valence-electron chi connectivity index (χ3n) is 3.12. The number of benzene rings is 2. The Morgan fingerprint density at radius 2 is 1.78 bits per heavy atom. The fraction of sp³-hybridized carbons (Fsp3) is 0.133. The molecule has 1 aliphatic heterocycles. The molecule has 0 amide bonds. The highest BCUT2D eigenvalue weighted by molar-refractivity contribution is 5.94. The van der Waals surface area contributed by atoms with Crippen LogP contribution in [0, 0.1) is 6.92 Å². The Bertz CT molecular complexity index is 607. The number of esters is 1. The molecule has 0 aliphatic carbocycles. The lowest BCUT2D eigenvalue weighted by molar-refractivity contribution is 0.0437. The molecule has 0 saturated heterocycles. The summed E-state index contributed by atoms with van der Waals surface area (Å²) in [6.07, 6.45) is -0.394. The molecular weight excluding hydrogens is 226 g/mol. The molecule has 0 fully saturated rings. The number of carbonyl (C=O) groups excluding carboxylic acids is 1. The smallest absolute Gasteiger partial charge is 0.340 e. The Morgan fingerprint density at radius 3 is 2.61 bits per heavy atom. The van der Waals surface area contributed by atoms with Crippen molar-refractivity contribution in [2.45, 2.75) is 13.2 Å². The van der Waals surface area contributed by atoms with Gasteiger partial charge in [0.1, 0.15) is 0 Å². The van der Waals surface area contributed by atoms with Crippen LogP contribution < -0.4 is 5.32 Å². The van der Waals surface area contributed by atoms with Crippen LogP contribution >= 0.6 is 0 Å². The van der Waals surface area contributed by atoms with Crippen LogP contribution in [0.25, 0.3) is 0 Å². The Balaban J connectivity index is 1.92. The fourth-order valence-electron chi connectivity index (χ4n) is 2.13. The van der Waals surface area contributed by atoms with E-state index in [1.54, 1.807) is 6.07 Å². The molecule has 0 aromatic heterocycles. The summed E-state index contributed by atoms with van der Waals surface area (Å²) in [4.78, 5) is 11.7. The molecule has 0 saturated carbocycles. The summed E-state index contributed by atoms with van der Waals surface area (Å²) in [6.45, 7) is 2.02. The molecule has 2 aromatic carbocycles. The zero-order chi connectivity index (χ0) is 12.5. The van der Waals surface area contributed by atoms with E-state index in [2.05, 4.69) is 5.32 Å². The van der Waals surface area contributed by atoms with Crippen molar-refractivity contribution in [1.29, 1.82) is 0 Å². The zero-order valence-electron chi connectivity index (χ0n) is 10.0. The van der Waals surface area contributed by atoms with Crippen LogP contribution in [0.4, 0.5) is 5.69 Å². The topological polar surface area (TPSA) is 38.3 Å². The van der Waals surface area contributed by atoms with Gasteiger partial charge in [0.15, 0.2) is 0 Å². The number of aryl methyl sites for hydroxylation is 1. The van der Waals surface area contributed by atoms with Crippen molar-refractivity contribution in [3.8, 4) is 0 Å². The first kappa shape index (κ1) is 10.8. The van der Waals surface area contributed by atoms with Crippen molar-refractivity contribution in [3.63, 3.8) is 0 Å². The number of hydrogen-bond acceptors (Lipinski definition) is 3. The lowest BCUT2D eigenvalue weighted by Crippen LogP contribution is -2.10. The first-order valence-corrected chi connectivity index (χ1v) is 5.88. The van der Waals surface area contributed by atoms with E-state index < -0.39 is 6.23 Å². The van der Waals surface area contributed by atoms with E-state index in [1.807, 2.05) is 49.4 Å². The molecule has 90 valence electrons. The van der Waals surface area contributed by atoms with Gasteiger partial charge in [-0.2, -0.15) is 0 Å². The van der Waals surface area contributed by atoms with Crippen LogP contribution in [0.2, 0.25) is 0 Å². The number of rotatable bonds is 2. The maximum absolute atomic E-state index is 11.7. The van der Waals surface area contributed by atoms with Gasteiger partial charge in [0.05, 0.1) is 5.56 Å². The van der Waals surface area contributed by atoms with Crippen LogP contribution in [-0.4, -0.2) is 5.97 Å². The number of fused-ring (bicyclic) bond motifs is 1. The second-order valence-electron chi connectivity index (χ2n) is 4.33. The van der Waals surface area contributed by atoms with Crippen molar-refractivity contribution < 1.29 is 9.53 Å². The molecule has 0 bridgehead atoms. The predicted octanol–water partition coefficient (Wildman–Crippen LogP) is 3.28. The molecule has 3 rings (SSSR count). The second-order valence-corrected chi connectivity index (χ2v) is 4.33. The average Bonchev–Trinajstić information content (AvgIpc) is 2.70. The highest BCUT2D eigenvalue weighted by Crippen LogP contribution is 2.31. The van der Waals surface area contributed by atoms with Gasteiger partial charge in [-0.15, -0.1) is 0 Å². The summed E-state index contributed by atoms with van der Waals surface area (Å²) >= 11 is 0. The van der Waals surface area contributed by atoms with E-state index in [1.165, 1.54) is 0 Å². The molecule has 0 unspecified atom stereocenters. The van der Waals surface area contributed by atoms with Crippen molar-refractivity contribution in [2.24, 2.45) is 0 Å². The summed E-state index contributed by atoms with van der Waals surface area (Å²) in [7, 11) is 0. The Morgan fingerprint density at radius 1 is 1.06 bits per heavy atom. The summed E-state index contributed by atoms with van der Waals surface area (Å²) in [6, 6.07) is 15.4. The predicted molar refractivity (Wildman–Crippen MR) is 69.4 cm³/mol. The average molecular weight is 239 g/mol. The summed E-state index contributed by atoms with van der Waals surface area (Å²) < 4.78 is 5.34. The van der Waals surface area contributed by atoms with Gasteiger partial charge in [-0.1, -0.05) is 36.4 Å². The number of nitrogens with one attached hydrogen (secondary N) is 1. The number of anilines is 1. The van der Waals surface area contributed by atoms with Crippen LogP contribution in [0.3, 0.4) is 0 Å². The van der Waals surface area contributed by atoms with Gasteiger partial charge < -0.3 is 10.1 Å². The van der Waals surface area contributed by atoms with Crippen molar-refractivity contribution >= 4 is 11.7 Å². The Labute approximate surface area is 105 Å². The number of ether oxygens (including phenoxy) is 1. The molecule has 2 aromatic rings. The summed E-state index contributed by atoms with van der Waals surface area (Å²) in [5, 5.41) is 3.25. The molecule has 1 N–H and O–H groups in total. The minimum absolute atomic E-state index is 0.267. The van der Waals surface area contributed by atoms with Gasteiger partial charge in [0.25, 0.3) is 0 Å². The van der Waals surface area contributed by atoms with E-state index in [4.69, 9.17) is 4.74 Å². The van der Waals surface area contributed by atoms with Gasteiger partial charge in [-0.3, -0.25) is 0 Å². The molecular formula is C15H13NO2. The largest absolute Gasteiger partial charge is 0.434 e. The van der Waals surface area contributed by atoms with Gasteiger partial charge >= 0.3 is 5.97 Å². The SMILES string of the molecule is Cc1ccccc1N[C@@H]1OC(=O)c2ccccc21. The van der Waals surface area contributed by atoms with Gasteiger partial charge in [-0.05, 0) is 24.6 Å². The molecule has 18 heavy (non-hydrogen) atoms. The molecule has 0 radical (unpaired) electrons. The zero-order valence-corrected chi connectivity index (χ0v) is 10.0. The molecule has 1 heterocycles. The van der Waals surface area contributed by atoms with E-state index >= 15 is 0 Å². The van der Waals surface area contributed by atoms with E-state index in [9.17, 15) is 4.79 Å². The molecule has 1 aliphatic rings. The summed E-state index contributed by atoms with van der Waals surface area (Å²) in [5.41, 5.74) is 3.64. The quantitative estimate of drug-likeness (QED) is 0.817. The number of cyclic esters (lactones) is 1. The van der Waals surface area contributed by atoms with Gasteiger partial charge in [-0.25, -0.2) is 4.79 Å². The fourth-order valence-corrected chi connectivity index (χ4v) is 2.13. The van der Waals surface area contributed by atoms with Crippen molar-refractivity contribution in [1.82, 2.24) is 0 Å². The monoisotopic (exact) mass is 239 g/mol. The highest BCUT2D eigenvalue weighted by atomic mass is 16.6. The second kappa shape index (κ2) is 4.18. The Hall–Kier alpha value is -2.29. The van der Waals surface area contributed by atoms with Crippen LogP contribution in [0.15, 0.2) is 48.5 Å². The van der Waals surface area contributed by atoms with E-state index in [-0.39, 0.29) is 5.97 Å². The van der Waals surface area contributed by atoms with Crippen LogP contribution in [0.5, 0.6) is 0 Å². The standard InChI is InChI=1S/C15H13NO2/c1-10-6-2-5-9-13(10)16-14-11-7-3-4-8-12(11)15(17)18-14/h2-9,14,16H,1H3/t14-/m1/s1. The molecule has 1 atom stereocenters. The molecule has 3 heteroatoms. The first-order chi connectivity index (χ1) is 8.75. The Kier molecular flexibility index (Phi) is 2.52. The van der Waals surface area contributed by atoms with Crippen molar-refractivity contribution in [2.75, 3.05) is 5.32 Å². The maximum atomic E-state index is 11.7. The van der Waals surface area contributed by atoms with Crippen molar-refractivity contribution in [3.05, 3.63) is 65.2 Å². The minimum atomic E-state index is -0.394. The molecule has 3 nitrogen and oxygen atoms in total. The number of hydrogen-bond donors (Lipinski definition) is 1. The minimum Gasteiger partial charge on any atom is -0.434 e. The van der Waals surface area contributed by atoms with E-state index in [0.29, 0.717) is 5.56 Å². The third-order valence-corrected chi connectivity index (χ3v) is 3.12. The first-order valence-electron chi connectivity index (χ1n) is 5.88. The molecule has 0 spiro atoms. The number of carbonyl (C=O) groups is 1. The van der Waals surface area contributed by atoms with Crippen LogP contribution in [0.1, 0.15) is 27.7 Å². The number of para-hydroxylation sites is 1. The normalized spacial score (nSPS) is 17.2. The lowest BCUT2D eigenvalue weighted by Gasteiger charge is -2.15. The van der Waals surface area contributed by atoms with Gasteiger partial charge in [0.2, 0.25) is 6.23 Å². The highest BCUT2D eigenvalue weighted by Gasteiger charge is 2.30. The van der Waals surface area contributed by atoms with E-state index in [0.717, 1.165) is 16.8 Å². The van der Waals surface area contributed by atoms with Gasteiger partial charge in [0, 0.05) is 11.3 Å². The third kappa shape index (κ3) is 1.74. The van der Waals surface area contributed by atoms with Crippen LogP contribution in [-0.2, 0) is 4.74 Å². The maximum Gasteiger partial charge on any atom is 0.340 e.